The summed E-state index contributed by atoms with van der Waals surface area (Å²) in [5.41, 5.74) is 6.93. The smallest absolute Gasteiger partial charge is 0.253 e. The fraction of sp³-hybridized carbons (Fsp3) is 0.267. The van der Waals surface area contributed by atoms with Crippen LogP contribution in [0.3, 0.4) is 0 Å². The maximum atomic E-state index is 9.54. The highest BCUT2D eigenvalue weighted by atomic mass is 16.5. The lowest BCUT2D eigenvalue weighted by atomic mass is 9.90. The van der Waals surface area contributed by atoms with Gasteiger partial charge in [0, 0.05) is 12.3 Å². The Hall–Kier alpha value is -3.25. The zero-order chi connectivity index (χ0) is 16.7. The SMILES string of the molecule is N#Cc1ccnc(Oc2nn(C3CC(O)C3)c3ncnc(N)c23)c1. The third kappa shape index (κ3) is 2.29. The van der Waals surface area contributed by atoms with Crippen molar-refractivity contribution < 1.29 is 9.84 Å². The molecule has 0 aromatic carbocycles. The largest absolute Gasteiger partial charge is 0.418 e. The fourth-order valence-electron chi connectivity index (χ4n) is 2.68. The number of aliphatic hydroxyl groups is 1. The molecule has 0 atom stereocenters. The monoisotopic (exact) mass is 323 g/mol. The number of nitrogens with zero attached hydrogens (tertiary/aromatic N) is 6. The van der Waals surface area contributed by atoms with Crippen molar-refractivity contribution in [3.63, 3.8) is 0 Å². The van der Waals surface area contributed by atoms with Gasteiger partial charge in [-0.25, -0.2) is 19.6 Å². The Bertz CT molecular complexity index is 956. The van der Waals surface area contributed by atoms with Gasteiger partial charge in [0.1, 0.15) is 17.5 Å². The minimum absolute atomic E-state index is 0.0348. The summed E-state index contributed by atoms with van der Waals surface area (Å²) in [4.78, 5) is 12.3. The zero-order valence-corrected chi connectivity index (χ0v) is 12.5. The van der Waals surface area contributed by atoms with Crippen molar-refractivity contribution in [2.45, 2.75) is 25.0 Å². The fourth-order valence-corrected chi connectivity index (χ4v) is 2.68. The first-order valence-corrected chi connectivity index (χ1v) is 7.36. The summed E-state index contributed by atoms with van der Waals surface area (Å²) in [7, 11) is 0. The summed E-state index contributed by atoms with van der Waals surface area (Å²) >= 11 is 0. The highest BCUT2D eigenvalue weighted by molar-refractivity contribution is 5.90. The van der Waals surface area contributed by atoms with Gasteiger partial charge < -0.3 is 15.6 Å². The number of rotatable bonds is 3. The molecule has 0 amide bonds. The quantitative estimate of drug-likeness (QED) is 0.733. The van der Waals surface area contributed by atoms with Crippen molar-refractivity contribution in [1.82, 2.24) is 24.7 Å². The Morgan fingerprint density at radius 2 is 2.17 bits per heavy atom. The van der Waals surface area contributed by atoms with Crippen LogP contribution in [0, 0.1) is 11.3 Å². The highest BCUT2D eigenvalue weighted by Crippen LogP contribution is 2.38. The Balaban J connectivity index is 1.78. The lowest BCUT2D eigenvalue weighted by Crippen LogP contribution is -2.31. The molecule has 24 heavy (non-hydrogen) atoms. The standard InChI is InChI=1S/C15H13N7O2/c16-6-8-1-2-18-11(3-8)24-15-12-13(17)19-7-20-14(12)22(21-15)9-4-10(23)5-9/h1-3,7,9-10,23H,4-5H2,(H2,17,19,20). The van der Waals surface area contributed by atoms with E-state index in [9.17, 15) is 5.11 Å². The third-order valence-corrected chi connectivity index (χ3v) is 3.99. The number of aromatic nitrogens is 5. The van der Waals surface area contributed by atoms with E-state index in [0.29, 0.717) is 29.4 Å². The van der Waals surface area contributed by atoms with Gasteiger partial charge in [0.05, 0.1) is 23.8 Å². The van der Waals surface area contributed by atoms with E-state index in [4.69, 9.17) is 15.7 Å². The van der Waals surface area contributed by atoms with Crippen LogP contribution in [0.15, 0.2) is 24.7 Å². The van der Waals surface area contributed by atoms with E-state index in [1.165, 1.54) is 18.6 Å². The predicted molar refractivity (Wildman–Crippen MR) is 83.0 cm³/mol. The number of aliphatic hydroxyl groups excluding tert-OH is 1. The Kier molecular flexibility index (Phi) is 3.25. The molecule has 1 saturated carbocycles. The molecule has 3 aromatic rings. The van der Waals surface area contributed by atoms with Gasteiger partial charge in [-0.1, -0.05) is 0 Å². The molecule has 3 heterocycles. The molecule has 0 spiro atoms. The molecule has 0 radical (unpaired) electrons. The van der Waals surface area contributed by atoms with Gasteiger partial charge in [-0.05, 0) is 18.9 Å². The molecule has 1 aliphatic rings. The van der Waals surface area contributed by atoms with Gasteiger partial charge >= 0.3 is 0 Å². The first kappa shape index (κ1) is 14.3. The van der Waals surface area contributed by atoms with E-state index in [0.717, 1.165) is 0 Å². The molecule has 0 bridgehead atoms. The van der Waals surface area contributed by atoms with E-state index in [1.54, 1.807) is 10.7 Å². The van der Waals surface area contributed by atoms with Crippen LogP contribution in [0.2, 0.25) is 0 Å². The molecule has 4 rings (SSSR count). The van der Waals surface area contributed by atoms with Gasteiger partial charge in [-0.3, -0.25) is 0 Å². The topological polar surface area (TPSA) is 136 Å². The van der Waals surface area contributed by atoms with Crippen LogP contribution in [0.4, 0.5) is 5.82 Å². The van der Waals surface area contributed by atoms with Crippen molar-refractivity contribution >= 4 is 16.9 Å². The number of nitrogens with two attached hydrogens (primary N) is 1. The predicted octanol–water partition coefficient (Wildman–Crippen LogP) is 1.16. The minimum Gasteiger partial charge on any atom is -0.418 e. The second-order valence-electron chi connectivity index (χ2n) is 5.58. The van der Waals surface area contributed by atoms with Crippen LogP contribution >= 0.6 is 0 Å². The van der Waals surface area contributed by atoms with Crippen molar-refractivity contribution in [3.8, 4) is 17.8 Å². The summed E-state index contributed by atoms with van der Waals surface area (Å²) in [6.45, 7) is 0. The zero-order valence-electron chi connectivity index (χ0n) is 12.5. The third-order valence-electron chi connectivity index (χ3n) is 3.99. The Morgan fingerprint density at radius 3 is 2.92 bits per heavy atom. The molecular weight excluding hydrogens is 310 g/mol. The molecule has 0 aliphatic heterocycles. The molecule has 1 fully saturated rings. The molecule has 120 valence electrons. The second-order valence-corrected chi connectivity index (χ2v) is 5.58. The van der Waals surface area contributed by atoms with Crippen LogP contribution in [0.1, 0.15) is 24.4 Å². The van der Waals surface area contributed by atoms with Gasteiger partial charge in [-0.15, -0.1) is 5.10 Å². The average Bonchev–Trinajstić information content (AvgIpc) is 2.91. The summed E-state index contributed by atoms with van der Waals surface area (Å²) in [5, 5.41) is 23.4. The maximum absolute atomic E-state index is 9.54. The minimum atomic E-state index is -0.327. The lowest BCUT2D eigenvalue weighted by Gasteiger charge is -2.31. The molecule has 9 nitrogen and oxygen atoms in total. The van der Waals surface area contributed by atoms with E-state index in [2.05, 4.69) is 20.1 Å². The van der Waals surface area contributed by atoms with Crippen LogP contribution in [0.5, 0.6) is 11.8 Å². The molecule has 9 heteroatoms. The number of nitrogen functional groups attached to an aromatic ring is 1. The van der Waals surface area contributed by atoms with E-state index in [-0.39, 0.29) is 29.7 Å². The Labute approximate surface area is 136 Å². The van der Waals surface area contributed by atoms with Crippen molar-refractivity contribution in [3.05, 3.63) is 30.2 Å². The number of ether oxygens (including phenoxy) is 1. The number of pyridine rings is 1. The van der Waals surface area contributed by atoms with E-state index < -0.39 is 0 Å². The average molecular weight is 323 g/mol. The molecular formula is C15H13N7O2. The molecule has 0 unspecified atom stereocenters. The molecule has 3 N–H and O–H groups in total. The summed E-state index contributed by atoms with van der Waals surface area (Å²) in [6, 6.07) is 5.15. The number of nitriles is 1. The van der Waals surface area contributed by atoms with Gasteiger partial charge in [0.2, 0.25) is 5.88 Å². The Morgan fingerprint density at radius 1 is 1.33 bits per heavy atom. The second kappa shape index (κ2) is 5.43. The van der Waals surface area contributed by atoms with Crippen molar-refractivity contribution in [2.24, 2.45) is 0 Å². The normalized spacial score (nSPS) is 19.7. The molecule has 1 aliphatic carbocycles. The number of hydrogen-bond donors (Lipinski definition) is 2. The van der Waals surface area contributed by atoms with Crippen LogP contribution < -0.4 is 10.5 Å². The van der Waals surface area contributed by atoms with Gasteiger partial charge in [0.15, 0.2) is 5.65 Å². The number of anilines is 1. The van der Waals surface area contributed by atoms with Gasteiger partial charge in [-0.2, -0.15) is 5.26 Å². The highest BCUT2D eigenvalue weighted by Gasteiger charge is 2.32. The van der Waals surface area contributed by atoms with Crippen molar-refractivity contribution in [2.75, 3.05) is 5.73 Å². The summed E-state index contributed by atoms with van der Waals surface area (Å²) in [6.07, 6.45) is 3.72. The van der Waals surface area contributed by atoms with Gasteiger partial charge in [0.25, 0.3) is 5.88 Å². The van der Waals surface area contributed by atoms with Crippen LogP contribution in [-0.4, -0.2) is 35.9 Å². The summed E-state index contributed by atoms with van der Waals surface area (Å²) in [5.74, 6) is 0.710. The maximum Gasteiger partial charge on any atom is 0.253 e. The summed E-state index contributed by atoms with van der Waals surface area (Å²) < 4.78 is 7.42. The van der Waals surface area contributed by atoms with E-state index in [1.807, 2.05) is 6.07 Å². The first-order valence-electron chi connectivity index (χ1n) is 7.36. The lowest BCUT2D eigenvalue weighted by molar-refractivity contribution is 0.0446. The van der Waals surface area contributed by atoms with E-state index >= 15 is 0 Å². The molecule has 3 aromatic heterocycles. The van der Waals surface area contributed by atoms with Crippen LogP contribution in [0.25, 0.3) is 11.0 Å². The first-order chi connectivity index (χ1) is 11.7. The molecule has 0 saturated heterocycles. The van der Waals surface area contributed by atoms with Crippen LogP contribution in [-0.2, 0) is 0 Å². The number of hydrogen-bond acceptors (Lipinski definition) is 8. The number of fused-ring (bicyclic) bond motifs is 1. The van der Waals surface area contributed by atoms with Crippen molar-refractivity contribution in [1.29, 1.82) is 5.26 Å².